The molecule has 0 bridgehead atoms. The summed E-state index contributed by atoms with van der Waals surface area (Å²) in [6.07, 6.45) is 4.56. The van der Waals surface area contributed by atoms with Crippen molar-refractivity contribution in [2.75, 3.05) is 16.5 Å². The summed E-state index contributed by atoms with van der Waals surface area (Å²) in [5, 5.41) is 2.06. The van der Waals surface area contributed by atoms with Crippen LogP contribution in [-0.2, 0) is 14.4 Å². The van der Waals surface area contributed by atoms with Crippen LogP contribution in [0.5, 0.6) is 0 Å². The number of thioether (sulfide) groups is 1. The lowest BCUT2D eigenvalue weighted by molar-refractivity contribution is -0.121. The molecule has 3 amide bonds. The summed E-state index contributed by atoms with van der Waals surface area (Å²) >= 11 is 1.25. The van der Waals surface area contributed by atoms with E-state index in [1.807, 2.05) is 0 Å². The van der Waals surface area contributed by atoms with Gasteiger partial charge in [-0.1, -0.05) is 0 Å². The monoisotopic (exact) mass is 346 g/mol. The zero-order valence-electron chi connectivity index (χ0n) is 13.0. The number of anilines is 2. The fourth-order valence-corrected chi connectivity index (χ4v) is 4.43. The second-order valence-corrected chi connectivity index (χ2v) is 7.01. The molecule has 1 aromatic rings. The van der Waals surface area contributed by atoms with Gasteiger partial charge in [0.15, 0.2) is 0 Å². The molecule has 3 aliphatic rings. The van der Waals surface area contributed by atoms with Gasteiger partial charge in [0, 0.05) is 22.4 Å². The molecule has 5 nitrogen and oxygen atoms in total. The van der Waals surface area contributed by atoms with Crippen LogP contribution in [0, 0.1) is 5.82 Å². The first-order chi connectivity index (χ1) is 11.5. The fraction of sp³-hybridized carbons (Fsp3) is 0.353. The van der Waals surface area contributed by atoms with E-state index in [0.717, 1.165) is 17.7 Å². The highest BCUT2D eigenvalue weighted by molar-refractivity contribution is 7.99. The Bertz CT molecular complexity index is 805. The lowest BCUT2D eigenvalue weighted by Gasteiger charge is -2.21. The summed E-state index contributed by atoms with van der Waals surface area (Å²) in [5.41, 5.74) is 1.77. The van der Waals surface area contributed by atoms with Gasteiger partial charge in [-0.3, -0.25) is 14.4 Å². The average Bonchev–Trinajstić information content (AvgIpc) is 3.03. The Labute approximate surface area is 142 Å². The van der Waals surface area contributed by atoms with Crippen LogP contribution in [0.3, 0.4) is 0 Å². The molecule has 1 aliphatic carbocycles. The quantitative estimate of drug-likeness (QED) is 0.836. The first-order valence-corrected chi connectivity index (χ1v) is 9.10. The molecule has 1 N–H and O–H groups in total. The maximum absolute atomic E-state index is 14.6. The Morgan fingerprint density at radius 3 is 2.33 bits per heavy atom. The molecule has 0 spiro atoms. The van der Waals surface area contributed by atoms with Crippen LogP contribution >= 0.6 is 11.8 Å². The number of carbonyl (C=O) groups excluding carboxylic acids is 3. The fourth-order valence-electron chi connectivity index (χ4n) is 3.68. The van der Waals surface area contributed by atoms with Crippen LogP contribution in [0.15, 0.2) is 23.3 Å². The van der Waals surface area contributed by atoms with Gasteiger partial charge in [0.1, 0.15) is 11.1 Å². The van der Waals surface area contributed by atoms with Gasteiger partial charge in [-0.2, -0.15) is 0 Å². The number of amides is 3. The van der Waals surface area contributed by atoms with Crippen molar-refractivity contribution in [3.8, 4) is 0 Å². The van der Waals surface area contributed by atoms with E-state index in [0.29, 0.717) is 35.2 Å². The lowest BCUT2D eigenvalue weighted by Crippen LogP contribution is -2.33. The summed E-state index contributed by atoms with van der Waals surface area (Å²) in [7, 11) is 0. The van der Waals surface area contributed by atoms with Crippen LogP contribution in [0.25, 0.3) is 0 Å². The normalized spacial score (nSPS) is 22.8. The average molecular weight is 346 g/mol. The minimum atomic E-state index is -0.661. The summed E-state index contributed by atoms with van der Waals surface area (Å²) < 4.78 is 14.6. The molecular weight excluding hydrogens is 331 g/mol. The van der Waals surface area contributed by atoms with Gasteiger partial charge >= 0.3 is 0 Å². The third kappa shape index (κ3) is 1.97. The van der Waals surface area contributed by atoms with Gasteiger partial charge in [-0.15, -0.1) is 11.8 Å². The molecule has 1 atom stereocenters. The smallest absolute Gasteiger partial charge is 0.261 e. The van der Waals surface area contributed by atoms with Crippen LogP contribution in [0.2, 0.25) is 0 Å². The lowest BCUT2D eigenvalue weighted by atomic mass is 9.93. The number of carbonyl (C=O) groups is 3. The Morgan fingerprint density at radius 2 is 1.75 bits per heavy atom. The number of imide groups is 1. The molecule has 1 aromatic carbocycles. The number of nitrogens with zero attached hydrogens (tertiary/aromatic N) is 1. The highest BCUT2D eigenvalue weighted by Crippen LogP contribution is 2.48. The van der Waals surface area contributed by atoms with Gasteiger partial charge in [0.05, 0.1) is 5.69 Å². The topological polar surface area (TPSA) is 66.5 Å². The molecular formula is C17H15FN2O3S. The van der Waals surface area contributed by atoms with Crippen molar-refractivity contribution in [1.82, 2.24) is 0 Å². The number of hydrogen-bond donors (Lipinski definition) is 1. The van der Waals surface area contributed by atoms with Crippen molar-refractivity contribution in [3.63, 3.8) is 0 Å². The molecule has 0 saturated carbocycles. The maximum atomic E-state index is 14.6. The van der Waals surface area contributed by atoms with Gasteiger partial charge in [-0.25, -0.2) is 9.29 Å². The van der Waals surface area contributed by atoms with Crippen molar-refractivity contribution in [2.45, 2.75) is 30.9 Å². The van der Waals surface area contributed by atoms with Crippen LogP contribution < -0.4 is 10.2 Å². The third-order valence-corrected chi connectivity index (χ3v) is 5.70. The van der Waals surface area contributed by atoms with E-state index in [4.69, 9.17) is 0 Å². The summed E-state index contributed by atoms with van der Waals surface area (Å²) in [6, 6.07) is 2.66. The molecule has 24 heavy (non-hydrogen) atoms. The summed E-state index contributed by atoms with van der Waals surface area (Å²) in [5.74, 6) is -1.81. The van der Waals surface area contributed by atoms with Crippen molar-refractivity contribution >= 4 is 40.9 Å². The second kappa shape index (κ2) is 5.44. The SMILES string of the molecule is CSC1C(=O)Nc2ccc(F)c(N3C(=O)C4=C(CCCC4)C3=O)c21. The first-order valence-electron chi connectivity index (χ1n) is 7.81. The minimum absolute atomic E-state index is 0.0744. The highest BCUT2D eigenvalue weighted by Gasteiger charge is 2.44. The largest absolute Gasteiger partial charge is 0.324 e. The molecule has 0 fully saturated rings. The van der Waals surface area contributed by atoms with E-state index in [2.05, 4.69) is 5.32 Å². The molecule has 124 valence electrons. The predicted octanol–water partition coefficient (Wildman–Crippen LogP) is 2.93. The van der Waals surface area contributed by atoms with E-state index >= 15 is 0 Å². The second-order valence-electron chi connectivity index (χ2n) is 6.07. The Kier molecular flexibility index (Phi) is 3.49. The number of benzene rings is 1. The van der Waals surface area contributed by atoms with E-state index in [-0.39, 0.29) is 11.6 Å². The predicted molar refractivity (Wildman–Crippen MR) is 89.3 cm³/mol. The number of fused-ring (bicyclic) bond motifs is 1. The Balaban J connectivity index is 1.88. The number of hydrogen-bond acceptors (Lipinski definition) is 4. The molecule has 7 heteroatoms. The summed E-state index contributed by atoms with van der Waals surface area (Å²) in [6.45, 7) is 0. The van der Waals surface area contributed by atoms with E-state index in [9.17, 15) is 18.8 Å². The number of rotatable bonds is 2. The molecule has 1 unspecified atom stereocenters. The zero-order chi connectivity index (χ0) is 17.0. The van der Waals surface area contributed by atoms with Crippen molar-refractivity contribution < 1.29 is 18.8 Å². The van der Waals surface area contributed by atoms with Gasteiger partial charge in [0.25, 0.3) is 11.8 Å². The van der Waals surface area contributed by atoms with E-state index in [1.165, 1.54) is 23.9 Å². The third-order valence-electron chi connectivity index (χ3n) is 4.78. The first kappa shape index (κ1) is 15.4. The molecule has 0 aromatic heterocycles. The molecule has 0 radical (unpaired) electrons. The maximum Gasteiger partial charge on any atom is 0.261 e. The van der Waals surface area contributed by atoms with Crippen molar-refractivity contribution in [1.29, 1.82) is 0 Å². The van der Waals surface area contributed by atoms with Crippen molar-refractivity contribution in [2.24, 2.45) is 0 Å². The molecule has 0 saturated heterocycles. The van der Waals surface area contributed by atoms with Crippen molar-refractivity contribution in [3.05, 3.63) is 34.7 Å². The Morgan fingerprint density at radius 1 is 1.12 bits per heavy atom. The Hall–Kier alpha value is -2.15. The van der Waals surface area contributed by atoms with E-state index in [1.54, 1.807) is 6.26 Å². The van der Waals surface area contributed by atoms with Crippen LogP contribution in [0.1, 0.15) is 36.5 Å². The zero-order valence-corrected chi connectivity index (χ0v) is 13.8. The standard InChI is InChI=1S/C17H15FN2O3S/c1-24-14-12-11(19-15(14)21)7-6-10(18)13(12)20-16(22)8-4-2-3-5-9(8)17(20)23/h6-7,14H,2-5H2,1H3,(H,19,21). The van der Waals surface area contributed by atoms with Crippen LogP contribution in [-0.4, -0.2) is 24.0 Å². The summed E-state index contributed by atoms with van der Waals surface area (Å²) in [4.78, 5) is 38.5. The van der Waals surface area contributed by atoms with Crippen LogP contribution in [0.4, 0.5) is 15.8 Å². The minimum Gasteiger partial charge on any atom is -0.324 e. The molecule has 2 heterocycles. The van der Waals surface area contributed by atoms with Gasteiger partial charge in [0.2, 0.25) is 5.91 Å². The number of nitrogens with one attached hydrogen (secondary N) is 1. The number of halogens is 1. The van der Waals surface area contributed by atoms with E-state index < -0.39 is 22.9 Å². The molecule has 4 rings (SSSR count). The van der Waals surface area contributed by atoms with Gasteiger partial charge in [-0.05, 0) is 44.1 Å². The highest BCUT2D eigenvalue weighted by atomic mass is 32.2. The van der Waals surface area contributed by atoms with Gasteiger partial charge < -0.3 is 5.32 Å². The molecule has 2 aliphatic heterocycles.